The first kappa shape index (κ1) is 31.3. The molecule has 0 aliphatic carbocycles. The Morgan fingerprint density at radius 2 is 0.750 bits per heavy atom. The van der Waals surface area contributed by atoms with Gasteiger partial charge in [-0.05, 0) is 0 Å². The normalized spacial score (nSPS) is 12.2. The smallest absolute Gasteiger partial charge is 0.735 e. The average molecular weight is 467 g/mol. The topological polar surface area (TPSA) is 207 Å². The molecular formula is H2Cl2K2N2O10S4. The van der Waals surface area contributed by atoms with Crippen molar-refractivity contribution in [1.82, 2.24) is 8.25 Å². The third-order valence-corrected chi connectivity index (χ3v) is 4.76. The Kier molecular flexibility index (Phi) is 18.7. The van der Waals surface area contributed by atoms with Crippen molar-refractivity contribution >= 4 is 60.4 Å². The van der Waals surface area contributed by atoms with Crippen LogP contribution in [0, 0.1) is 0 Å². The summed E-state index contributed by atoms with van der Waals surface area (Å²) < 4.78 is 97.2. The Balaban J connectivity index is -0.000000116. The van der Waals surface area contributed by atoms with Crippen LogP contribution in [0.5, 0.6) is 0 Å². The first-order valence-corrected chi connectivity index (χ1v) is 10.2. The van der Waals surface area contributed by atoms with Crippen molar-refractivity contribution in [3.8, 4) is 0 Å². The van der Waals surface area contributed by atoms with Crippen LogP contribution in [0.4, 0.5) is 0 Å². The van der Waals surface area contributed by atoms with E-state index in [0.29, 0.717) is 8.25 Å². The molecule has 0 aromatic carbocycles. The summed E-state index contributed by atoms with van der Waals surface area (Å²) >= 11 is 0. The molecule has 0 saturated heterocycles. The molecule has 2 N–H and O–H groups in total. The van der Waals surface area contributed by atoms with Gasteiger partial charge in [0.05, 0.1) is 0 Å². The Labute approximate surface area is 209 Å². The molecule has 0 fully saturated rings. The van der Waals surface area contributed by atoms with Crippen LogP contribution in [0.2, 0.25) is 0 Å². The van der Waals surface area contributed by atoms with Gasteiger partial charge in [-0.15, -0.1) is 8.25 Å². The van der Waals surface area contributed by atoms with Gasteiger partial charge in [-0.1, -0.05) is 0 Å². The van der Waals surface area contributed by atoms with E-state index >= 15 is 0 Å². The van der Waals surface area contributed by atoms with Gasteiger partial charge in [-0.3, -0.25) is 0 Å². The monoisotopic (exact) mass is 466 g/mol. The molecule has 0 bridgehead atoms. The van der Waals surface area contributed by atoms with Crippen LogP contribution in [0.15, 0.2) is 0 Å². The maximum atomic E-state index is 9.72. The Morgan fingerprint density at radius 3 is 0.750 bits per heavy atom. The Morgan fingerprint density at radius 1 is 0.600 bits per heavy atom. The third-order valence-electron chi connectivity index (χ3n) is 0.403. The second-order valence-electron chi connectivity index (χ2n) is 1.95. The van der Waals surface area contributed by atoms with E-state index in [1.807, 2.05) is 0 Å². The molecule has 20 heavy (non-hydrogen) atoms. The van der Waals surface area contributed by atoms with E-state index < -0.39 is 39.1 Å². The minimum Gasteiger partial charge on any atom is -0.735 e. The fourth-order valence-corrected chi connectivity index (χ4v) is 3.58. The van der Waals surface area contributed by atoms with Crippen molar-refractivity contribution in [2.45, 2.75) is 0 Å². The van der Waals surface area contributed by atoms with Gasteiger partial charge < -0.3 is 9.11 Å². The van der Waals surface area contributed by atoms with Crippen LogP contribution in [0.1, 0.15) is 0 Å². The second-order valence-corrected chi connectivity index (χ2v) is 9.29. The van der Waals surface area contributed by atoms with Crippen LogP contribution in [0.3, 0.4) is 0 Å². The quantitative estimate of drug-likeness (QED) is 0.227. The van der Waals surface area contributed by atoms with E-state index in [-0.39, 0.29) is 103 Å². The molecule has 0 aromatic rings. The molecule has 0 aliphatic heterocycles. The van der Waals surface area contributed by atoms with Crippen LogP contribution < -0.4 is 111 Å². The fraction of sp³-hybridized carbons (Fsp3) is 0. The zero-order valence-electron chi connectivity index (χ0n) is 9.47. The largest absolute Gasteiger partial charge is 1.00 e. The summed E-state index contributed by atoms with van der Waals surface area (Å²) in [5, 5.41) is 0. The number of nitrogens with one attached hydrogen (secondary N) is 2. The van der Waals surface area contributed by atoms with E-state index in [2.05, 4.69) is 21.4 Å². The molecule has 0 unspecified atom stereocenters. The molecule has 0 atom stereocenters. The molecule has 0 heterocycles. The summed E-state index contributed by atoms with van der Waals surface area (Å²) in [5.74, 6) is 0. The molecule has 0 aromatic heterocycles. The van der Waals surface area contributed by atoms with Gasteiger partial charge in [0.25, 0.3) is 0 Å². The maximum Gasteiger partial charge on any atom is 1.00 e. The molecule has 0 radical (unpaired) electrons. The summed E-state index contributed by atoms with van der Waals surface area (Å²) in [6.45, 7) is 0. The van der Waals surface area contributed by atoms with E-state index in [9.17, 15) is 42.8 Å². The van der Waals surface area contributed by atoms with Gasteiger partial charge in [-0.2, -0.15) is 16.8 Å². The van der Waals surface area contributed by atoms with Crippen LogP contribution >= 0.6 is 21.4 Å². The summed E-state index contributed by atoms with van der Waals surface area (Å²) in [7, 11) is -10.3. The number of hydrogen-bond acceptors (Lipinski definition) is 10. The van der Waals surface area contributed by atoms with E-state index in [4.69, 9.17) is 0 Å². The van der Waals surface area contributed by atoms with Gasteiger partial charge in [0.1, 0.15) is 0 Å². The average Bonchev–Trinajstić information content (AvgIpc) is 1.64. The minimum absolute atomic E-state index is 0. The number of rotatable bonds is 4. The zero-order valence-corrected chi connectivity index (χ0v) is 20.5. The first-order chi connectivity index (χ1) is 7.41. The molecule has 0 rings (SSSR count). The third kappa shape index (κ3) is 37.6. The second kappa shape index (κ2) is 11.9. The van der Waals surface area contributed by atoms with Crippen molar-refractivity contribution in [2.24, 2.45) is 0 Å². The van der Waals surface area contributed by atoms with E-state index in [1.54, 1.807) is 0 Å². The predicted molar refractivity (Wildman–Crippen MR) is 55.2 cm³/mol. The summed E-state index contributed by atoms with van der Waals surface area (Å²) in [5.41, 5.74) is 0. The molecular weight excluding hydrogens is 465 g/mol. The van der Waals surface area contributed by atoms with Crippen LogP contribution in [-0.4, -0.2) is 42.8 Å². The molecule has 0 saturated carbocycles. The molecule has 12 nitrogen and oxygen atoms in total. The van der Waals surface area contributed by atoms with Gasteiger partial charge >= 0.3 is 121 Å². The number of hydrogen-bond donors (Lipinski definition) is 2. The van der Waals surface area contributed by atoms with Gasteiger partial charge in [0.15, 0.2) is 20.6 Å². The SMILES string of the molecule is O=S(=O)([O-])NS(=O)(=O)Cl.O=S(=O)([O-])NS(=O)(=O)Cl.[K+].[K+]. The van der Waals surface area contributed by atoms with Crippen LogP contribution in [0.25, 0.3) is 0 Å². The van der Waals surface area contributed by atoms with Crippen molar-refractivity contribution in [3.63, 3.8) is 0 Å². The molecule has 112 valence electrons. The van der Waals surface area contributed by atoms with Crippen molar-refractivity contribution in [2.75, 3.05) is 0 Å². The molecule has 20 heteroatoms. The van der Waals surface area contributed by atoms with Crippen molar-refractivity contribution in [1.29, 1.82) is 0 Å². The van der Waals surface area contributed by atoms with Crippen molar-refractivity contribution in [3.05, 3.63) is 0 Å². The molecule has 0 amide bonds. The molecule has 0 spiro atoms. The minimum atomic E-state index is -5.00. The zero-order chi connectivity index (χ0) is 15.4. The van der Waals surface area contributed by atoms with Crippen molar-refractivity contribution < 1.29 is 146 Å². The molecule has 0 aliphatic rings. The fourth-order valence-electron chi connectivity index (χ4n) is 0.244. The summed E-state index contributed by atoms with van der Waals surface area (Å²) in [4.78, 5) is 0. The van der Waals surface area contributed by atoms with Gasteiger partial charge in [0.2, 0.25) is 0 Å². The standard InChI is InChI=1S/2ClH2NO5S2.2K/c2*1-8(3,4)2-9(5,6)7;;/h2*2H,(H,5,6,7);;/q;;2*+1/p-2. The van der Waals surface area contributed by atoms with E-state index in [1.165, 1.54) is 0 Å². The predicted octanol–water partition coefficient (Wildman–Crippen LogP) is -8.95. The summed E-state index contributed by atoms with van der Waals surface area (Å²) in [6, 6.07) is 0. The number of halogens is 2. The summed E-state index contributed by atoms with van der Waals surface area (Å²) in [6.07, 6.45) is 0. The van der Waals surface area contributed by atoms with Crippen LogP contribution in [-0.2, 0) is 39.1 Å². The first-order valence-electron chi connectivity index (χ1n) is 2.79. The van der Waals surface area contributed by atoms with E-state index in [0.717, 1.165) is 0 Å². The van der Waals surface area contributed by atoms with Gasteiger partial charge in [-0.25, -0.2) is 16.8 Å². The Hall–Kier alpha value is 3.49. The van der Waals surface area contributed by atoms with Gasteiger partial charge in [0, 0.05) is 21.4 Å². The Bertz CT molecular complexity index is 552. The maximum absolute atomic E-state index is 9.72.